The minimum atomic E-state index is 0. The van der Waals surface area contributed by atoms with E-state index in [1.54, 1.807) is 0 Å². The van der Waals surface area contributed by atoms with Gasteiger partial charge in [0.25, 0.3) is 0 Å². The van der Waals surface area contributed by atoms with Crippen molar-refractivity contribution >= 4 is 5.78 Å². The molecule has 0 rings (SSSR count). The number of carbonyl (C=O) groups is 1. The molecular weight excluding hydrogens is 542 g/mol. The van der Waals surface area contributed by atoms with Crippen LogP contribution >= 0.6 is 0 Å². The van der Waals surface area contributed by atoms with Gasteiger partial charge in [-0.15, -0.1) is 6.42 Å². The van der Waals surface area contributed by atoms with Gasteiger partial charge in [-0.25, -0.2) is 0 Å². The average Bonchev–Trinajstić information content (AvgIpc) is 1.65. The van der Waals surface area contributed by atoms with E-state index in [1.165, 1.54) is 5.92 Å². The van der Waals surface area contributed by atoms with Crippen LogP contribution in [0.15, 0.2) is 0 Å². The number of ketones is 1. The molecular formula is C13H36ORfRh-2. The molecule has 107 valence electrons. The Labute approximate surface area is 114 Å². The van der Waals surface area contributed by atoms with Crippen molar-refractivity contribution in [1.29, 1.82) is 0 Å². The minimum absolute atomic E-state index is 0. The van der Waals surface area contributed by atoms with Crippen LogP contribution in [-0.4, -0.2) is 5.78 Å². The molecule has 0 N–H and O–H groups in total. The molecule has 0 aromatic heterocycles. The summed E-state index contributed by atoms with van der Waals surface area (Å²) >= 11 is 0. The Morgan fingerprint density at radius 1 is 1.06 bits per heavy atom. The van der Waals surface area contributed by atoms with Crippen LogP contribution in [0.4, 0.5) is 0 Å². The van der Waals surface area contributed by atoms with Gasteiger partial charge >= 0.3 is 0 Å². The molecule has 0 spiro atoms. The average molecular weight is 578 g/mol. The van der Waals surface area contributed by atoms with Gasteiger partial charge in [0.15, 0.2) is 0 Å². The standard InChI is InChI=1S/C7H12O.6CH4.Rf.Rh/c1-4-6(2)5-7(3)8;;;;;;;;/h3-5H2,1-2H3;6*1H4;;/q-2;;;;;;;;. The molecule has 0 unspecified atom stereocenters. The Balaban J connectivity index is -0.00000000875. The van der Waals surface area contributed by atoms with E-state index in [-0.39, 0.29) is 69.8 Å². The zero-order valence-electron chi connectivity index (χ0n) is 6.57. The van der Waals surface area contributed by atoms with Gasteiger partial charge in [-0.1, -0.05) is 51.5 Å². The maximum Gasteiger partial charge on any atom is 0 e. The van der Waals surface area contributed by atoms with Gasteiger partial charge < -0.3 is 17.6 Å². The van der Waals surface area contributed by atoms with E-state index >= 15 is 0 Å². The summed E-state index contributed by atoms with van der Waals surface area (Å²) in [5.74, 6) is 1.23. The number of Topliss-reactive ketones (excluding diaryl/α,β-unsaturated/α-hetero) is 1. The molecule has 0 aliphatic rings. The largest absolute Gasteiger partial charge is 0.342 e. The van der Waals surface area contributed by atoms with E-state index in [2.05, 4.69) is 6.92 Å². The summed E-state index contributed by atoms with van der Waals surface area (Å²) in [4.78, 5) is 10.3. The van der Waals surface area contributed by atoms with Crippen molar-refractivity contribution < 1.29 is 24.3 Å². The fraction of sp³-hybridized carbons (Fsp3) is 0.769. The third-order valence-corrected chi connectivity index (χ3v) is 1.10. The molecule has 0 saturated heterocycles. The molecule has 16 heavy (non-hydrogen) atoms. The summed E-state index contributed by atoms with van der Waals surface area (Å²) in [6.07, 6.45) is 1.54. The van der Waals surface area contributed by atoms with Crippen molar-refractivity contribution in [3.8, 4) is 0 Å². The maximum atomic E-state index is 10.3. The van der Waals surface area contributed by atoms with E-state index in [9.17, 15) is 4.79 Å². The topological polar surface area (TPSA) is 17.1 Å². The van der Waals surface area contributed by atoms with Crippen LogP contribution in [0.2, 0.25) is 0 Å². The second kappa shape index (κ2) is 47.8. The molecule has 1 radical (unpaired) electrons. The predicted octanol–water partition coefficient (Wildman–Crippen LogP) is 5.60. The van der Waals surface area contributed by atoms with Crippen molar-refractivity contribution in [3.63, 3.8) is 0 Å². The fourth-order valence-corrected chi connectivity index (χ4v) is 0.462. The third kappa shape index (κ3) is 73.0. The zero-order valence-corrected chi connectivity index (χ0v) is 14.6. The predicted molar refractivity (Wildman–Crippen MR) is 74.6 cm³/mol. The quantitative estimate of drug-likeness (QED) is 0.315. The van der Waals surface area contributed by atoms with Crippen molar-refractivity contribution in [3.05, 3.63) is 12.8 Å². The van der Waals surface area contributed by atoms with E-state index in [0.29, 0.717) is 6.42 Å². The number of hydrogen-bond donors (Lipinski definition) is 0. The van der Waals surface area contributed by atoms with Crippen molar-refractivity contribution in [2.75, 3.05) is 0 Å². The van der Waals surface area contributed by atoms with Crippen LogP contribution in [0, 0.1) is 12.8 Å². The van der Waals surface area contributed by atoms with E-state index < -0.39 is 0 Å². The molecule has 0 saturated carbocycles. The van der Waals surface area contributed by atoms with E-state index in [1.807, 2.05) is 13.8 Å². The minimum Gasteiger partial charge on any atom is -0.342 e. The Morgan fingerprint density at radius 3 is 1.38 bits per heavy atom. The monoisotopic (exact) mass is 578 g/mol. The van der Waals surface area contributed by atoms with Gasteiger partial charge in [-0.3, -0.25) is 0 Å². The van der Waals surface area contributed by atoms with Gasteiger partial charge in [0, 0.05) is 19.5 Å². The van der Waals surface area contributed by atoms with Crippen molar-refractivity contribution in [2.45, 2.75) is 71.2 Å². The molecule has 0 heterocycles. The molecule has 0 amide bonds. The summed E-state index contributed by atoms with van der Waals surface area (Å²) in [7, 11) is 0. The SMILES string of the molecule is C.C.C.C.C.C.[CH2-]C(=O)C[C-](C)CC.[Rf].[Rh]. The summed E-state index contributed by atoms with van der Waals surface area (Å²) in [6, 6.07) is 0. The Hall–Kier alpha value is -0.837. The Bertz CT molecular complexity index is 88.0. The molecule has 0 aliphatic heterocycles. The molecule has 1 nitrogen and oxygen atoms in total. The van der Waals surface area contributed by atoms with Gasteiger partial charge in [0.1, 0.15) is 0 Å². The third-order valence-electron chi connectivity index (χ3n) is 1.10. The van der Waals surface area contributed by atoms with Gasteiger partial charge in [0.05, 0.1) is 0 Å². The summed E-state index contributed by atoms with van der Waals surface area (Å²) in [6.45, 7) is 7.28. The van der Waals surface area contributed by atoms with Crippen LogP contribution in [0.3, 0.4) is 0 Å². The zero-order chi connectivity index (χ0) is 6.57. The van der Waals surface area contributed by atoms with E-state index in [4.69, 9.17) is 0 Å². The van der Waals surface area contributed by atoms with Gasteiger partial charge in [0.2, 0.25) is 0 Å². The van der Waals surface area contributed by atoms with Crippen molar-refractivity contribution in [2.24, 2.45) is 0 Å². The summed E-state index contributed by atoms with van der Waals surface area (Å²) < 4.78 is 0. The Kier molecular flexibility index (Phi) is 239. The molecule has 0 aromatic rings. The molecule has 0 bridgehead atoms. The second-order valence-corrected chi connectivity index (χ2v) is 2.03. The Morgan fingerprint density at radius 2 is 1.31 bits per heavy atom. The first-order valence-corrected chi connectivity index (χ1v) is 2.83. The maximum absolute atomic E-state index is 10.3. The van der Waals surface area contributed by atoms with Crippen LogP contribution in [0.5, 0.6) is 0 Å². The first kappa shape index (κ1) is 80.1. The fourth-order valence-electron chi connectivity index (χ4n) is 0.462. The summed E-state index contributed by atoms with van der Waals surface area (Å²) in [5.41, 5.74) is 0. The molecule has 0 aromatic carbocycles. The van der Waals surface area contributed by atoms with E-state index in [0.717, 1.165) is 6.42 Å². The van der Waals surface area contributed by atoms with Crippen LogP contribution < -0.4 is 0 Å². The first-order chi connectivity index (χ1) is 3.66. The number of rotatable bonds is 3. The van der Waals surface area contributed by atoms with Crippen molar-refractivity contribution in [1.82, 2.24) is 0 Å². The number of hydrogen-bond acceptors (Lipinski definition) is 1. The molecule has 3 heteroatoms. The smallest absolute Gasteiger partial charge is 0 e. The second-order valence-electron chi connectivity index (χ2n) is 2.03. The van der Waals surface area contributed by atoms with Gasteiger partial charge in [-0.05, 0) is 5.78 Å². The number of carbonyl (C=O) groups excluding carboxylic acids is 1. The summed E-state index contributed by atoms with van der Waals surface area (Å²) in [5, 5.41) is 0. The molecule has 0 fully saturated rings. The van der Waals surface area contributed by atoms with Crippen LogP contribution in [0.25, 0.3) is 0 Å². The molecule has 0 atom stereocenters. The normalized spacial score (nSPS) is 4.94. The molecule has 0 aliphatic carbocycles. The van der Waals surface area contributed by atoms with Crippen LogP contribution in [0.1, 0.15) is 71.2 Å². The van der Waals surface area contributed by atoms with Crippen LogP contribution in [-0.2, 0) is 24.3 Å². The first-order valence-electron chi connectivity index (χ1n) is 2.83. The van der Waals surface area contributed by atoms with Gasteiger partial charge in [-0.2, -0.15) is 13.3 Å².